The van der Waals surface area contributed by atoms with Gasteiger partial charge in [0.2, 0.25) is 0 Å². The maximum absolute atomic E-state index is 12.1. The average molecular weight is 329 g/mol. The van der Waals surface area contributed by atoms with Crippen molar-refractivity contribution in [2.24, 2.45) is 7.05 Å². The highest BCUT2D eigenvalue weighted by molar-refractivity contribution is 9.10. The standard InChI is InChI=1S/C11H13BrN4O3/c1-3-7-14-9(12)8(15(7)2)10(17)13-6-4-16(5-6)11(18)19/h3,6H,1,4-5H2,2H3,(H,13,17)(H,18,19). The molecule has 0 radical (unpaired) electrons. The van der Waals surface area contributed by atoms with Crippen LogP contribution in [0.5, 0.6) is 0 Å². The summed E-state index contributed by atoms with van der Waals surface area (Å²) in [7, 11) is 1.72. The van der Waals surface area contributed by atoms with Crippen molar-refractivity contribution in [1.82, 2.24) is 19.8 Å². The highest BCUT2D eigenvalue weighted by Gasteiger charge is 2.32. The lowest BCUT2D eigenvalue weighted by molar-refractivity contribution is 0.0761. The minimum Gasteiger partial charge on any atom is -0.465 e. The van der Waals surface area contributed by atoms with E-state index in [1.165, 1.54) is 4.90 Å². The molecule has 0 unspecified atom stereocenters. The van der Waals surface area contributed by atoms with Crippen molar-refractivity contribution in [3.8, 4) is 0 Å². The Morgan fingerprint density at radius 2 is 2.21 bits per heavy atom. The Kier molecular flexibility index (Phi) is 3.61. The molecule has 0 aliphatic carbocycles. The van der Waals surface area contributed by atoms with Crippen LogP contribution < -0.4 is 5.32 Å². The van der Waals surface area contributed by atoms with E-state index >= 15 is 0 Å². The summed E-state index contributed by atoms with van der Waals surface area (Å²) in [5, 5.41) is 11.5. The summed E-state index contributed by atoms with van der Waals surface area (Å²) in [5.74, 6) is 0.294. The molecule has 1 aliphatic rings. The van der Waals surface area contributed by atoms with Gasteiger partial charge in [0.1, 0.15) is 16.1 Å². The van der Waals surface area contributed by atoms with Gasteiger partial charge in [0.15, 0.2) is 0 Å². The van der Waals surface area contributed by atoms with E-state index < -0.39 is 6.09 Å². The second-order valence-corrected chi connectivity index (χ2v) is 4.98. The zero-order chi connectivity index (χ0) is 14.2. The molecule has 1 fully saturated rings. The number of imidazole rings is 1. The van der Waals surface area contributed by atoms with Gasteiger partial charge in [0.05, 0.1) is 6.04 Å². The molecule has 0 spiro atoms. The number of halogens is 1. The zero-order valence-corrected chi connectivity index (χ0v) is 11.8. The Morgan fingerprint density at radius 1 is 1.58 bits per heavy atom. The number of nitrogens with one attached hydrogen (secondary N) is 1. The lowest BCUT2D eigenvalue weighted by Crippen LogP contribution is -2.60. The molecule has 8 heteroatoms. The fourth-order valence-electron chi connectivity index (χ4n) is 1.89. The van der Waals surface area contributed by atoms with Gasteiger partial charge in [-0.3, -0.25) is 4.79 Å². The molecule has 0 aromatic carbocycles. The molecule has 0 bridgehead atoms. The van der Waals surface area contributed by atoms with Crippen LogP contribution in [-0.2, 0) is 7.05 Å². The summed E-state index contributed by atoms with van der Waals surface area (Å²) in [5.41, 5.74) is 0.392. The largest absolute Gasteiger partial charge is 0.465 e. The summed E-state index contributed by atoms with van der Waals surface area (Å²) in [6.45, 7) is 4.24. The van der Waals surface area contributed by atoms with Crippen molar-refractivity contribution in [2.75, 3.05) is 13.1 Å². The first-order chi connectivity index (χ1) is 8.93. The Balaban J connectivity index is 2.04. The van der Waals surface area contributed by atoms with Gasteiger partial charge >= 0.3 is 6.09 Å². The van der Waals surface area contributed by atoms with E-state index in [1.54, 1.807) is 17.7 Å². The summed E-state index contributed by atoms with van der Waals surface area (Å²) >= 11 is 3.23. The second kappa shape index (κ2) is 5.04. The minimum atomic E-state index is -0.971. The molecule has 2 amide bonds. The molecule has 2 heterocycles. The van der Waals surface area contributed by atoms with Crippen LogP contribution in [0.1, 0.15) is 16.3 Å². The molecule has 7 nitrogen and oxygen atoms in total. The normalized spacial score (nSPS) is 14.9. The van der Waals surface area contributed by atoms with Crippen LogP contribution in [0.3, 0.4) is 0 Å². The van der Waals surface area contributed by atoms with E-state index in [0.29, 0.717) is 29.2 Å². The Morgan fingerprint density at radius 3 is 2.68 bits per heavy atom. The van der Waals surface area contributed by atoms with Crippen LogP contribution in [-0.4, -0.2) is 50.7 Å². The number of carbonyl (C=O) groups excluding carboxylic acids is 1. The molecule has 0 saturated carbocycles. The molecule has 0 atom stereocenters. The second-order valence-electron chi connectivity index (χ2n) is 4.23. The Hall–Kier alpha value is -1.83. The average Bonchev–Trinajstić information content (AvgIpc) is 2.57. The molecule has 19 heavy (non-hydrogen) atoms. The van der Waals surface area contributed by atoms with E-state index in [0.717, 1.165) is 0 Å². The smallest absolute Gasteiger partial charge is 0.407 e. The van der Waals surface area contributed by atoms with Gasteiger partial charge in [-0.05, 0) is 22.0 Å². The third kappa shape index (κ3) is 2.48. The maximum Gasteiger partial charge on any atom is 0.407 e. The van der Waals surface area contributed by atoms with Crippen LogP contribution in [0.2, 0.25) is 0 Å². The first kappa shape index (κ1) is 13.6. The predicted octanol–water partition coefficient (Wildman–Crippen LogP) is 0.918. The quantitative estimate of drug-likeness (QED) is 0.863. The molecular weight excluding hydrogens is 316 g/mol. The monoisotopic (exact) mass is 328 g/mol. The summed E-state index contributed by atoms with van der Waals surface area (Å²) in [6.07, 6.45) is 0.581. The van der Waals surface area contributed by atoms with Crippen LogP contribution in [0.15, 0.2) is 11.2 Å². The van der Waals surface area contributed by atoms with Crippen LogP contribution in [0, 0.1) is 0 Å². The SMILES string of the molecule is C=Cc1nc(Br)c(C(=O)NC2CN(C(=O)O)C2)n1C. The number of likely N-dealkylation sites (tertiary alicyclic amines) is 1. The molecule has 1 aliphatic heterocycles. The fraction of sp³-hybridized carbons (Fsp3) is 0.364. The Labute approximate surface area is 118 Å². The van der Waals surface area contributed by atoms with Gasteiger partial charge in [0.25, 0.3) is 5.91 Å². The lowest BCUT2D eigenvalue weighted by Gasteiger charge is -2.37. The van der Waals surface area contributed by atoms with Crippen molar-refractivity contribution in [3.63, 3.8) is 0 Å². The van der Waals surface area contributed by atoms with Crippen molar-refractivity contribution in [3.05, 3.63) is 22.7 Å². The van der Waals surface area contributed by atoms with Crippen molar-refractivity contribution >= 4 is 34.0 Å². The van der Waals surface area contributed by atoms with Crippen LogP contribution >= 0.6 is 15.9 Å². The third-order valence-electron chi connectivity index (χ3n) is 2.97. The topological polar surface area (TPSA) is 87.5 Å². The van der Waals surface area contributed by atoms with Gasteiger partial charge in [-0.1, -0.05) is 6.58 Å². The summed E-state index contributed by atoms with van der Waals surface area (Å²) < 4.78 is 2.07. The predicted molar refractivity (Wildman–Crippen MR) is 71.9 cm³/mol. The lowest BCUT2D eigenvalue weighted by atomic mass is 10.1. The van der Waals surface area contributed by atoms with Crippen molar-refractivity contribution in [1.29, 1.82) is 0 Å². The molecule has 1 aromatic rings. The molecular formula is C11H13BrN4O3. The van der Waals surface area contributed by atoms with E-state index in [9.17, 15) is 9.59 Å². The van der Waals surface area contributed by atoms with Crippen LogP contribution in [0.4, 0.5) is 4.79 Å². The number of nitrogens with zero attached hydrogens (tertiary/aromatic N) is 3. The van der Waals surface area contributed by atoms with Crippen molar-refractivity contribution < 1.29 is 14.7 Å². The molecule has 1 aromatic heterocycles. The first-order valence-corrected chi connectivity index (χ1v) is 6.36. The molecule has 102 valence electrons. The summed E-state index contributed by atoms with van der Waals surface area (Å²) in [6, 6.07) is -0.155. The highest BCUT2D eigenvalue weighted by atomic mass is 79.9. The van der Waals surface area contributed by atoms with Gasteiger partial charge in [0, 0.05) is 20.1 Å². The van der Waals surface area contributed by atoms with Gasteiger partial charge in [-0.25, -0.2) is 9.78 Å². The summed E-state index contributed by atoms with van der Waals surface area (Å²) in [4.78, 5) is 28.1. The van der Waals surface area contributed by atoms with Gasteiger partial charge < -0.3 is 19.9 Å². The van der Waals surface area contributed by atoms with E-state index in [2.05, 4.69) is 32.8 Å². The molecule has 1 saturated heterocycles. The van der Waals surface area contributed by atoms with E-state index in [1.807, 2.05) is 0 Å². The number of carboxylic acid groups (broad SMARTS) is 1. The highest BCUT2D eigenvalue weighted by Crippen LogP contribution is 2.18. The van der Waals surface area contributed by atoms with Crippen LogP contribution in [0.25, 0.3) is 6.08 Å². The van der Waals surface area contributed by atoms with E-state index in [-0.39, 0.29) is 11.9 Å². The molecule has 2 N–H and O–H groups in total. The number of hydrogen-bond donors (Lipinski definition) is 2. The number of amides is 2. The van der Waals surface area contributed by atoms with Crippen molar-refractivity contribution in [2.45, 2.75) is 6.04 Å². The number of rotatable bonds is 3. The number of hydrogen-bond acceptors (Lipinski definition) is 3. The first-order valence-electron chi connectivity index (χ1n) is 5.57. The van der Waals surface area contributed by atoms with Gasteiger partial charge in [-0.15, -0.1) is 0 Å². The van der Waals surface area contributed by atoms with E-state index in [4.69, 9.17) is 5.11 Å². The molecule has 2 rings (SSSR count). The number of aromatic nitrogens is 2. The Bertz CT molecular complexity index is 548. The minimum absolute atomic E-state index is 0.155. The third-order valence-corrected chi connectivity index (χ3v) is 3.52. The maximum atomic E-state index is 12.1. The fourth-order valence-corrected chi connectivity index (χ4v) is 2.52. The zero-order valence-electron chi connectivity index (χ0n) is 10.3. The number of carbonyl (C=O) groups is 2. The van der Waals surface area contributed by atoms with Gasteiger partial charge in [-0.2, -0.15) is 0 Å².